The topological polar surface area (TPSA) is 0 Å². The first-order valence-electron chi connectivity index (χ1n) is 13.3. The van der Waals surface area contributed by atoms with E-state index >= 15 is 0 Å². The summed E-state index contributed by atoms with van der Waals surface area (Å²) in [5.74, 6) is 1.58. The van der Waals surface area contributed by atoms with Gasteiger partial charge >= 0.3 is 0 Å². The smallest absolute Gasteiger partial charge is 0.0266 e. The third-order valence-corrected chi connectivity index (χ3v) is 7.12. The molecule has 0 radical (unpaired) electrons. The van der Waals surface area contributed by atoms with Gasteiger partial charge in [-0.05, 0) is 75.0 Å². The van der Waals surface area contributed by atoms with Crippen LogP contribution in [0.5, 0.6) is 0 Å². The minimum absolute atomic E-state index is 0.382. The van der Waals surface area contributed by atoms with Crippen LogP contribution in [0.3, 0.4) is 0 Å². The molecule has 0 spiro atoms. The van der Waals surface area contributed by atoms with Crippen molar-refractivity contribution in [1.82, 2.24) is 0 Å². The highest BCUT2D eigenvalue weighted by molar-refractivity contribution is 5.06. The molecular formula is C30H56. The molecule has 0 aliphatic carbocycles. The summed E-state index contributed by atoms with van der Waals surface area (Å²) in [6.07, 6.45) is 28.0. The fourth-order valence-electron chi connectivity index (χ4n) is 4.40. The van der Waals surface area contributed by atoms with Gasteiger partial charge < -0.3 is 0 Å². The van der Waals surface area contributed by atoms with E-state index in [-0.39, 0.29) is 0 Å². The Kier molecular flexibility index (Phi) is 18.5. The number of rotatable bonds is 21. The van der Waals surface area contributed by atoms with Crippen LogP contribution in [0.15, 0.2) is 37.0 Å². The molecule has 2 atom stereocenters. The molecule has 0 saturated heterocycles. The van der Waals surface area contributed by atoms with Gasteiger partial charge in [0.25, 0.3) is 0 Å². The number of hydrogen-bond donors (Lipinski definition) is 0. The zero-order chi connectivity index (χ0) is 22.7. The van der Waals surface area contributed by atoms with Gasteiger partial charge in [-0.2, -0.15) is 0 Å². The first-order chi connectivity index (χ1) is 14.4. The molecule has 0 fully saturated rings. The Morgan fingerprint density at radius 1 is 0.767 bits per heavy atom. The van der Waals surface area contributed by atoms with Gasteiger partial charge in [-0.25, -0.2) is 0 Å². The van der Waals surface area contributed by atoms with E-state index in [0.29, 0.717) is 5.41 Å². The number of unbranched alkanes of at least 4 members (excludes halogenated alkanes) is 7. The van der Waals surface area contributed by atoms with Crippen LogP contribution in [0.1, 0.15) is 137 Å². The monoisotopic (exact) mass is 416 g/mol. The summed E-state index contributed by atoms with van der Waals surface area (Å²) in [5.41, 5.74) is 2.12. The lowest BCUT2D eigenvalue weighted by Crippen LogP contribution is -2.22. The van der Waals surface area contributed by atoms with Crippen molar-refractivity contribution in [3.63, 3.8) is 0 Å². The molecular weight excluding hydrogens is 360 g/mol. The lowest BCUT2D eigenvalue weighted by molar-refractivity contribution is 0.215. The van der Waals surface area contributed by atoms with Crippen LogP contribution in [-0.2, 0) is 0 Å². The Labute approximate surface area is 191 Å². The maximum atomic E-state index is 3.92. The third-order valence-electron chi connectivity index (χ3n) is 7.12. The molecule has 0 aliphatic heterocycles. The maximum absolute atomic E-state index is 3.92. The minimum Gasteiger partial charge on any atom is -0.103 e. The summed E-state index contributed by atoms with van der Waals surface area (Å²) in [6.45, 7) is 19.9. The molecule has 30 heavy (non-hydrogen) atoms. The summed E-state index contributed by atoms with van der Waals surface area (Å²) in [6, 6.07) is 0. The molecule has 2 unspecified atom stereocenters. The molecule has 0 aromatic heterocycles. The summed E-state index contributed by atoms with van der Waals surface area (Å²) in [7, 11) is 0. The molecule has 0 nitrogen and oxygen atoms in total. The van der Waals surface area contributed by atoms with Crippen LogP contribution in [0.2, 0.25) is 0 Å². The Hall–Kier alpha value is -0.780. The zero-order valence-electron chi connectivity index (χ0n) is 21.6. The predicted octanol–water partition coefficient (Wildman–Crippen LogP) is 10.8. The van der Waals surface area contributed by atoms with Crippen molar-refractivity contribution < 1.29 is 0 Å². The highest BCUT2D eigenvalue weighted by Gasteiger charge is 2.26. The lowest BCUT2D eigenvalue weighted by Gasteiger charge is -2.33. The molecule has 0 aromatic rings. The highest BCUT2D eigenvalue weighted by Crippen LogP contribution is 2.38. The van der Waals surface area contributed by atoms with Crippen molar-refractivity contribution in [2.24, 2.45) is 17.3 Å². The van der Waals surface area contributed by atoms with E-state index in [1.54, 1.807) is 5.57 Å². The number of allylic oxidation sites excluding steroid dienone is 4. The standard InChI is InChI=1S/C30H56/c1-8-11-14-15-16-17-18-24-29(25-20-19-22-27(4)21-12-9-2)26-30(6,7)28(5)23-13-10-3/h9-10,24,27-28H,2-3,8,11-23,25-26H2,1,4-7H3. The first-order valence-corrected chi connectivity index (χ1v) is 13.3. The largest absolute Gasteiger partial charge is 0.103 e. The molecule has 0 amide bonds. The summed E-state index contributed by atoms with van der Waals surface area (Å²) in [4.78, 5) is 0. The molecule has 0 bridgehead atoms. The third kappa shape index (κ3) is 16.0. The first kappa shape index (κ1) is 29.2. The van der Waals surface area contributed by atoms with E-state index in [1.807, 2.05) is 0 Å². The summed E-state index contributed by atoms with van der Waals surface area (Å²) < 4.78 is 0. The van der Waals surface area contributed by atoms with Crippen molar-refractivity contribution in [3.05, 3.63) is 37.0 Å². The normalized spacial score (nSPS) is 14.5. The molecule has 0 heterocycles. The second-order valence-electron chi connectivity index (χ2n) is 10.6. The van der Waals surface area contributed by atoms with Crippen molar-refractivity contribution in [2.75, 3.05) is 0 Å². The van der Waals surface area contributed by atoms with Crippen molar-refractivity contribution in [3.8, 4) is 0 Å². The molecule has 0 saturated carbocycles. The Morgan fingerprint density at radius 2 is 1.40 bits per heavy atom. The predicted molar refractivity (Wildman–Crippen MR) is 140 cm³/mol. The van der Waals surface area contributed by atoms with Crippen LogP contribution in [0, 0.1) is 17.3 Å². The average Bonchev–Trinajstić information content (AvgIpc) is 2.72. The van der Waals surface area contributed by atoms with Gasteiger partial charge in [0.05, 0.1) is 0 Å². The van der Waals surface area contributed by atoms with E-state index in [9.17, 15) is 0 Å². The van der Waals surface area contributed by atoms with Crippen LogP contribution in [-0.4, -0.2) is 0 Å². The van der Waals surface area contributed by atoms with E-state index in [2.05, 4.69) is 66.0 Å². The lowest BCUT2D eigenvalue weighted by atomic mass is 9.72. The maximum Gasteiger partial charge on any atom is -0.0266 e. The van der Waals surface area contributed by atoms with Crippen molar-refractivity contribution >= 4 is 0 Å². The van der Waals surface area contributed by atoms with Gasteiger partial charge in [0.1, 0.15) is 0 Å². The SMILES string of the molecule is C=CCCC(C)CCCCC(=CCCCCCCCC)CC(C)(C)C(C)CCC=C. The summed E-state index contributed by atoms with van der Waals surface area (Å²) >= 11 is 0. The minimum atomic E-state index is 0.382. The second kappa shape index (κ2) is 18.9. The van der Waals surface area contributed by atoms with Crippen LogP contribution in [0.25, 0.3) is 0 Å². The summed E-state index contributed by atoms with van der Waals surface area (Å²) in [5, 5.41) is 0. The van der Waals surface area contributed by atoms with Crippen molar-refractivity contribution in [2.45, 2.75) is 137 Å². The fraction of sp³-hybridized carbons (Fsp3) is 0.800. The Morgan fingerprint density at radius 3 is 2.07 bits per heavy atom. The van der Waals surface area contributed by atoms with E-state index in [1.165, 1.54) is 96.3 Å². The average molecular weight is 417 g/mol. The van der Waals surface area contributed by atoms with Gasteiger partial charge in [-0.1, -0.05) is 103 Å². The van der Waals surface area contributed by atoms with Crippen LogP contribution >= 0.6 is 0 Å². The van der Waals surface area contributed by atoms with Gasteiger partial charge in [0, 0.05) is 0 Å². The second-order valence-corrected chi connectivity index (χ2v) is 10.6. The number of hydrogen-bond acceptors (Lipinski definition) is 0. The molecule has 176 valence electrons. The molecule has 0 aromatic carbocycles. The van der Waals surface area contributed by atoms with Gasteiger partial charge in [0.15, 0.2) is 0 Å². The van der Waals surface area contributed by atoms with Gasteiger partial charge in [0.2, 0.25) is 0 Å². The van der Waals surface area contributed by atoms with Crippen molar-refractivity contribution in [1.29, 1.82) is 0 Å². The molecule has 0 heteroatoms. The van der Waals surface area contributed by atoms with Crippen LogP contribution in [0.4, 0.5) is 0 Å². The Balaban J connectivity index is 4.61. The Bertz CT molecular complexity index is 439. The van der Waals surface area contributed by atoms with Gasteiger partial charge in [-0.15, -0.1) is 13.2 Å². The molecule has 0 aliphatic rings. The zero-order valence-corrected chi connectivity index (χ0v) is 21.6. The van der Waals surface area contributed by atoms with Crippen LogP contribution < -0.4 is 0 Å². The van der Waals surface area contributed by atoms with Gasteiger partial charge in [-0.3, -0.25) is 0 Å². The fourth-order valence-corrected chi connectivity index (χ4v) is 4.40. The van der Waals surface area contributed by atoms with E-state index in [0.717, 1.165) is 18.3 Å². The molecule has 0 N–H and O–H groups in total. The highest BCUT2D eigenvalue weighted by atomic mass is 14.3. The quantitative estimate of drug-likeness (QED) is 0.129. The van der Waals surface area contributed by atoms with E-state index in [4.69, 9.17) is 0 Å². The molecule has 0 rings (SSSR count). The van der Waals surface area contributed by atoms with E-state index < -0.39 is 0 Å².